The van der Waals surface area contributed by atoms with Crippen molar-refractivity contribution in [2.24, 2.45) is 0 Å². The van der Waals surface area contributed by atoms with Crippen LogP contribution in [0, 0.1) is 0 Å². The van der Waals surface area contributed by atoms with E-state index < -0.39 is 0 Å². The molecule has 0 fully saturated rings. The highest BCUT2D eigenvalue weighted by atomic mass is 32.1. The maximum absolute atomic E-state index is 10.1. The molecule has 0 spiro atoms. The minimum absolute atomic E-state index is 0.213. The van der Waals surface area contributed by atoms with E-state index in [9.17, 15) is 5.11 Å². The second-order valence-corrected chi connectivity index (χ2v) is 2.46. The number of nitrogens with two attached hydrogens (primary N) is 1. The van der Waals surface area contributed by atoms with Crippen LogP contribution in [-0.4, -0.2) is 4.98 Å². The van der Waals surface area contributed by atoms with Gasteiger partial charge in [0.1, 0.15) is 6.61 Å². The average molecular weight is 129 g/mol. The van der Waals surface area contributed by atoms with Gasteiger partial charge < -0.3 is 5.73 Å². The molecule has 1 aromatic rings. The van der Waals surface area contributed by atoms with Gasteiger partial charge in [-0.25, -0.2) is 10.1 Å². The Labute approximate surface area is 50.8 Å². The number of aromatic nitrogens is 1. The van der Waals surface area contributed by atoms with Crippen molar-refractivity contribution < 1.29 is 5.11 Å². The Bertz CT molecular complexity index is 174. The van der Waals surface area contributed by atoms with Gasteiger partial charge in [0, 0.05) is 6.20 Å². The first kappa shape index (κ1) is 5.53. The first-order chi connectivity index (χ1) is 3.83. The molecule has 0 aliphatic rings. The molecule has 0 amide bonds. The molecule has 0 aliphatic carbocycles. The van der Waals surface area contributed by atoms with Gasteiger partial charge in [-0.1, -0.05) is 11.3 Å². The van der Waals surface area contributed by atoms with Crippen LogP contribution in [-0.2, 0) is 11.7 Å². The van der Waals surface area contributed by atoms with Crippen LogP contribution in [0.15, 0.2) is 6.20 Å². The molecule has 1 aromatic heterocycles. The molecule has 8 heavy (non-hydrogen) atoms. The lowest BCUT2D eigenvalue weighted by Crippen LogP contribution is -1.77. The van der Waals surface area contributed by atoms with Gasteiger partial charge in [-0.15, -0.1) is 0 Å². The molecule has 0 bridgehead atoms. The summed E-state index contributed by atoms with van der Waals surface area (Å²) < 4.78 is 0. The molecule has 0 aromatic carbocycles. The van der Waals surface area contributed by atoms with Crippen molar-refractivity contribution in [3.8, 4) is 0 Å². The molecule has 43 valence electrons. The Morgan fingerprint density at radius 3 is 2.88 bits per heavy atom. The first-order valence-corrected chi connectivity index (χ1v) is 2.93. The summed E-state index contributed by atoms with van der Waals surface area (Å²) in [5.74, 6) is 0. The second-order valence-electron chi connectivity index (χ2n) is 1.31. The van der Waals surface area contributed by atoms with Gasteiger partial charge in [0.05, 0.1) is 4.88 Å². The van der Waals surface area contributed by atoms with Crippen LogP contribution in [0.5, 0.6) is 0 Å². The summed E-state index contributed by atoms with van der Waals surface area (Å²) in [6.07, 6.45) is 1.51. The fourth-order valence-electron chi connectivity index (χ4n) is 0.389. The Morgan fingerprint density at radius 2 is 2.62 bits per heavy atom. The van der Waals surface area contributed by atoms with Gasteiger partial charge in [-0.2, -0.15) is 0 Å². The number of anilines is 1. The number of hydrogen-bond donors (Lipinski definition) is 1. The van der Waals surface area contributed by atoms with E-state index in [1.165, 1.54) is 17.5 Å². The molecule has 0 saturated heterocycles. The maximum atomic E-state index is 10.1. The molecule has 3 nitrogen and oxygen atoms in total. The highest BCUT2D eigenvalue weighted by Gasteiger charge is 1.94. The molecule has 0 atom stereocenters. The van der Waals surface area contributed by atoms with Gasteiger partial charge in [0.15, 0.2) is 5.13 Å². The summed E-state index contributed by atoms with van der Waals surface area (Å²) >= 11 is 1.24. The van der Waals surface area contributed by atoms with Crippen molar-refractivity contribution >= 4 is 16.5 Å². The third kappa shape index (κ3) is 0.962. The van der Waals surface area contributed by atoms with Gasteiger partial charge in [0.2, 0.25) is 0 Å². The molecule has 2 N–H and O–H groups in total. The molecule has 1 rings (SSSR count). The maximum Gasteiger partial charge on any atom is 0.180 e. The SMILES string of the molecule is Nc1ncc(C[O])s1. The standard InChI is InChI=1S/C4H5N2OS/c5-4-6-1-3(2-7)8-4/h1H,2H2,(H2,5,6). The van der Waals surface area contributed by atoms with Gasteiger partial charge in [-0.05, 0) is 0 Å². The van der Waals surface area contributed by atoms with Crippen molar-refractivity contribution in [1.82, 2.24) is 4.98 Å². The fourth-order valence-corrected chi connectivity index (χ4v) is 0.928. The predicted octanol–water partition coefficient (Wildman–Crippen LogP) is 0.656. The Balaban J connectivity index is 2.84. The normalized spacial score (nSPS) is 9.62. The van der Waals surface area contributed by atoms with Crippen molar-refractivity contribution in [3.05, 3.63) is 11.1 Å². The number of hydrogen-bond acceptors (Lipinski definition) is 3. The first-order valence-electron chi connectivity index (χ1n) is 2.11. The van der Waals surface area contributed by atoms with Crippen LogP contribution in [0.3, 0.4) is 0 Å². The molecular weight excluding hydrogens is 124 g/mol. The van der Waals surface area contributed by atoms with Gasteiger partial charge in [-0.3, -0.25) is 0 Å². The molecule has 0 saturated carbocycles. The van der Waals surface area contributed by atoms with E-state index in [0.717, 1.165) is 0 Å². The zero-order valence-electron chi connectivity index (χ0n) is 4.13. The molecule has 1 heterocycles. The summed E-state index contributed by atoms with van der Waals surface area (Å²) in [5.41, 5.74) is 5.22. The highest BCUT2D eigenvalue weighted by molar-refractivity contribution is 7.15. The fraction of sp³-hybridized carbons (Fsp3) is 0.250. The van der Waals surface area contributed by atoms with E-state index >= 15 is 0 Å². The van der Waals surface area contributed by atoms with E-state index in [2.05, 4.69) is 4.98 Å². The summed E-state index contributed by atoms with van der Waals surface area (Å²) in [4.78, 5) is 4.38. The summed E-state index contributed by atoms with van der Waals surface area (Å²) in [5, 5.41) is 10.5. The van der Waals surface area contributed by atoms with E-state index in [0.29, 0.717) is 10.0 Å². The van der Waals surface area contributed by atoms with Crippen LogP contribution in [0.2, 0.25) is 0 Å². The van der Waals surface area contributed by atoms with E-state index in [-0.39, 0.29) is 6.61 Å². The third-order valence-electron chi connectivity index (χ3n) is 0.714. The van der Waals surface area contributed by atoms with Crippen molar-refractivity contribution in [2.45, 2.75) is 6.61 Å². The average Bonchev–Trinajstić information content (AvgIpc) is 2.14. The summed E-state index contributed by atoms with van der Waals surface area (Å²) in [6, 6.07) is 0. The lowest BCUT2D eigenvalue weighted by Gasteiger charge is -1.75. The lowest BCUT2D eigenvalue weighted by molar-refractivity contribution is 0.180. The monoisotopic (exact) mass is 129 g/mol. The molecule has 0 aliphatic heterocycles. The Kier molecular flexibility index (Phi) is 1.45. The second kappa shape index (κ2) is 2.11. The Morgan fingerprint density at radius 1 is 1.88 bits per heavy atom. The van der Waals surface area contributed by atoms with Crippen molar-refractivity contribution in [2.75, 3.05) is 5.73 Å². The predicted molar refractivity (Wildman–Crippen MR) is 30.9 cm³/mol. The summed E-state index contributed by atoms with van der Waals surface area (Å²) in [7, 11) is 0. The molecule has 0 unspecified atom stereocenters. The number of nitrogen functional groups attached to an aromatic ring is 1. The van der Waals surface area contributed by atoms with Crippen LogP contribution in [0.25, 0.3) is 0 Å². The number of nitrogens with zero attached hydrogens (tertiary/aromatic N) is 1. The van der Waals surface area contributed by atoms with E-state index in [4.69, 9.17) is 5.73 Å². The van der Waals surface area contributed by atoms with Crippen LogP contribution < -0.4 is 5.73 Å². The minimum Gasteiger partial charge on any atom is -0.375 e. The topological polar surface area (TPSA) is 58.8 Å². The third-order valence-corrected chi connectivity index (χ3v) is 1.51. The zero-order valence-corrected chi connectivity index (χ0v) is 4.94. The van der Waals surface area contributed by atoms with Crippen LogP contribution in [0.4, 0.5) is 5.13 Å². The molecule has 4 heteroatoms. The van der Waals surface area contributed by atoms with E-state index in [1.54, 1.807) is 0 Å². The van der Waals surface area contributed by atoms with Crippen LogP contribution >= 0.6 is 11.3 Å². The quantitative estimate of drug-likeness (QED) is 0.605. The highest BCUT2D eigenvalue weighted by Crippen LogP contribution is 2.13. The zero-order chi connectivity index (χ0) is 5.98. The number of thiazole rings is 1. The largest absolute Gasteiger partial charge is 0.375 e. The van der Waals surface area contributed by atoms with Crippen molar-refractivity contribution in [3.63, 3.8) is 0 Å². The smallest absolute Gasteiger partial charge is 0.180 e. The summed E-state index contributed by atoms with van der Waals surface area (Å²) in [6.45, 7) is -0.213. The van der Waals surface area contributed by atoms with Crippen molar-refractivity contribution in [1.29, 1.82) is 0 Å². The number of rotatable bonds is 1. The minimum atomic E-state index is -0.213. The Hall–Kier alpha value is -0.610. The molecule has 1 radical (unpaired) electrons. The van der Waals surface area contributed by atoms with Gasteiger partial charge >= 0.3 is 0 Å². The van der Waals surface area contributed by atoms with Gasteiger partial charge in [0.25, 0.3) is 0 Å². The van der Waals surface area contributed by atoms with Crippen LogP contribution in [0.1, 0.15) is 4.88 Å². The van der Waals surface area contributed by atoms with E-state index in [1.807, 2.05) is 0 Å². The lowest BCUT2D eigenvalue weighted by atomic mass is 10.6. The molecular formula is C4H5N2OS.